The summed E-state index contributed by atoms with van der Waals surface area (Å²) in [5.74, 6) is 1.20. The number of piperidine rings is 1. The Kier molecular flexibility index (Phi) is 2.62. The van der Waals surface area contributed by atoms with Crippen LogP contribution in [0.3, 0.4) is 0 Å². The molecule has 1 saturated carbocycles. The van der Waals surface area contributed by atoms with Crippen LogP contribution in [0.5, 0.6) is 5.75 Å². The molecule has 1 aliphatic carbocycles. The van der Waals surface area contributed by atoms with Crippen molar-refractivity contribution in [2.75, 3.05) is 20.1 Å². The quantitative estimate of drug-likeness (QED) is 0.803. The average Bonchev–Trinajstić information content (AvgIpc) is 2.73. The Labute approximate surface area is 103 Å². The number of benzene rings is 1. The van der Waals surface area contributed by atoms with E-state index in [0.717, 1.165) is 5.92 Å². The highest BCUT2D eigenvalue weighted by atomic mass is 16.3. The molecule has 1 aromatic rings. The molecule has 1 N–H and O–H groups in total. The first kappa shape index (κ1) is 11.1. The number of nitrogens with zero attached hydrogens (tertiary/aromatic N) is 1. The molecule has 1 heterocycles. The van der Waals surface area contributed by atoms with Gasteiger partial charge < -0.3 is 10.0 Å². The third-order valence-corrected chi connectivity index (χ3v) is 4.85. The maximum absolute atomic E-state index is 9.70. The standard InChI is InChI=1S/C15H21NO/c1-16-9-8-15(7-3-5-13(15)11-16)12-4-2-6-14(17)10-12/h2,4,6,10,13,17H,3,5,7-9,11H2,1H3. The van der Waals surface area contributed by atoms with Gasteiger partial charge in [0.1, 0.15) is 5.75 Å². The van der Waals surface area contributed by atoms with Gasteiger partial charge in [-0.3, -0.25) is 0 Å². The van der Waals surface area contributed by atoms with E-state index in [9.17, 15) is 5.11 Å². The van der Waals surface area contributed by atoms with Crippen molar-refractivity contribution in [2.45, 2.75) is 31.1 Å². The van der Waals surface area contributed by atoms with Gasteiger partial charge in [-0.1, -0.05) is 18.6 Å². The zero-order valence-electron chi connectivity index (χ0n) is 10.5. The Hall–Kier alpha value is -1.02. The molecule has 2 aliphatic rings. The minimum atomic E-state index is 0.352. The molecule has 0 amide bonds. The summed E-state index contributed by atoms with van der Waals surface area (Å²) in [4.78, 5) is 2.46. The number of fused-ring (bicyclic) bond motifs is 1. The summed E-state index contributed by atoms with van der Waals surface area (Å²) in [7, 11) is 2.23. The monoisotopic (exact) mass is 231 g/mol. The van der Waals surface area contributed by atoms with Crippen LogP contribution in [0, 0.1) is 5.92 Å². The highest BCUT2D eigenvalue weighted by Gasteiger charge is 2.46. The average molecular weight is 231 g/mol. The number of likely N-dealkylation sites (tertiary alicyclic amines) is 1. The van der Waals surface area contributed by atoms with Gasteiger partial charge in [0.05, 0.1) is 0 Å². The Morgan fingerprint density at radius 2 is 2.24 bits per heavy atom. The maximum Gasteiger partial charge on any atom is 0.115 e. The van der Waals surface area contributed by atoms with Crippen LogP contribution in [-0.4, -0.2) is 30.1 Å². The maximum atomic E-state index is 9.70. The van der Waals surface area contributed by atoms with E-state index >= 15 is 0 Å². The first-order valence-electron chi connectivity index (χ1n) is 6.69. The normalized spacial score (nSPS) is 33.6. The summed E-state index contributed by atoms with van der Waals surface area (Å²) in [6.45, 7) is 2.40. The lowest BCUT2D eigenvalue weighted by atomic mass is 9.68. The first-order chi connectivity index (χ1) is 8.21. The third-order valence-electron chi connectivity index (χ3n) is 4.85. The van der Waals surface area contributed by atoms with Crippen LogP contribution in [0.2, 0.25) is 0 Å². The van der Waals surface area contributed by atoms with Crippen LogP contribution in [-0.2, 0) is 5.41 Å². The first-order valence-corrected chi connectivity index (χ1v) is 6.69. The Bertz CT molecular complexity index is 417. The van der Waals surface area contributed by atoms with Gasteiger partial charge in [-0.2, -0.15) is 0 Å². The van der Waals surface area contributed by atoms with Gasteiger partial charge in [-0.05, 0) is 56.5 Å². The highest BCUT2D eigenvalue weighted by Crippen LogP contribution is 2.50. The van der Waals surface area contributed by atoms with Crippen molar-refractivity contribution < 1.29 is 5.11 Å². The van der Waals surface area contributed by atoms with Crippen molar-refractivity contribution in [1.82, 2.24) is 4.90 Å². The summed E-state index contributed by atoms with van der Waals surface area (Å²) in [5.41, 5.74) is 1.72. The van der Waals surface area contributed by atoms with E-state index in [1.807, 2.05) is 12.1 Å². The fourth-order valence-corrected chi connectivity index (χ4v) is 3.94. The zero-order valence-corrected chi connectivity index (χ0v) is 10.5. The van der Waals surface area contributed by atoms with E-state index in [-0.39, 0.29) is 0 Å². The molecule has 1 aliphatic heterocycles. The molecule has 2 atom stereocenters. The molecule has 2 fully saturated rings. The predicted molar refractivity (Wildman–Crippen MR) is 69.2 cm³/mol. The molecular formula is C15H21NO. The van der Waals surface area contributed by atoms with Crippen LogP contribution in [0.25, 0.3) is 0 Å². The van der Waals surface area contributed by atoms with Crippen LogP contribution in [0.15, 0.2) is 24.3 Å². The number of phenolic OH excluding ortho intramolecular Hbond substituents is 1. The van der Waals surface area contributed by atoms with Gasteiger partial charge in [0, 0.05) is 12.0 Å². The van der Waals surface area contributed by atoms with E-state index in [4.69, 9.17) is 0 Å². The third kappa shape index (κ3) is 1.75. The minimum Gasteiger partial charge on any atom is -0.508 e. The van der Waals surface area contributed by atoms with E-state index in [1.165, 1.54) is 44.3 Å². The molecule has 1 saturated heterocycles. The number of phenols is 1. The smallest absolute Gasteiger partial charge is 0.115 e. The van der Waals surface area contributed by atoms with Crippen LogP contribution in [0.1, 0.15) is 31.2 Å². The van der Waals surface area contributed by atoms with Gasteiger partial charge in [0.15, 0.2) is 0 Å². The SMILES string of the molecule is CN1CCC2(c3cccc(O)c3)CCCC2C1. The predicted octanol–water partition coefficient (Wildman–Crippen LogP) is 2.77. The zero-order chi connectivity index (χ0) is 11.9. The molecule has 3 rings (SSSR count). The summed E-state index contributed by atoms with van der Waals surface area (Å²) in [6, 6.07) is 7.97. The van der Waals surface area contributed by atoms with Crippen molar-refractivity contribution in [3.05, 3.63) is 29.8 Å². The Morgan fingerprint density at radius 1 is 1.35 bits per heavy atom. The molecule has 0 spiro atoms. The molecule has 0 bridgehead atoms. The van der Waals surface area contributed by atoms with Crippen LogP contribution < -0.4 is 0 Å². The molecular weight excluding hydrogens is 210 g/mol. The van der Waals surface area contributed by atoms with Gasteiger partial charge in [0.2, 0.25) is 0 Å². The molecule has 0 aromatic heterocycles. The van der Waals surface area contributed by atoms with Crippen LogP contribution >= 0.6 is 0 Å². The summed E-state index contributed by atoms with van der Waals surface area (Å²) in [6.07, 6.45) is 5.24. The summed E-state index contributed by atoms with van der Waals surface area (Å²) in [5, 5.41) is 9.70. The minimum absolute atomic E-state index is 0.352. The van der Waals surface area contributed by atoms with Crippen molar-refractivity contribution in [3.63, 3.8) is 0 Å². The summed E-state index contributed by atoms with van der Waals surface area (Å²) >= 11 is 0. The fourth-order valence-electron chi connectivity index (χ4n) is 3.94. The number of aromatic hydroxyl groups is 1. The van der Waals surface area contributed by atoms with Gasteiger partial charge in [0.25, 0.3) is 0 Å². The Balaban J connectivity index is 1.99. The van der Waals surface area contributed by atoms with Gasteiger partial charge in [-0.15, -0.1) is 0 Å². The van der Waals surface area contributed by atoms with Gasteiger partial charge in [-0.25, -0.2) is 0 Å². The topological polar surface area (TPSA) is 23.5 Å². The molecule has 2 nitrogen and oxygen atoms in total. The molecule has 2 heteroatoms. The molecule has 2 unspecified atom stereocenters. The number of hydrogen-bond acceptors (Lipinski definition) is 2. The second-order valence-corrected chi connectivity index (χ2v) is 5.81. The fraction of sp³-hybridized carbons (Fsp3) is 0.600. The van der Waals surface area contributed by atoms with Crippen molar-refractivity contribution in [2.24, 2.45) is 5.92 Å². The Morgan fingerprint density at radius 3 is 3.06 bits per heavy atom. The lowest BCUT2D eigenvalue weighted by molar-refractivity contribution is 0.133. The van der Waals surface area contributed by atoms with E-state index < -0.39 is 0 Å². The summed E-state index contributed by atoms with van der Waals surface area (Å²) < 4.78 is 0. The second kappa shape index (κ2) is 4.02. The molecule has 92 valence electrons. The second-order valence-electron chi connectivity index (χ2n) is 5.81. The van der Waals surface area contributed by atoms with E-state index in [2.05, 4.69) is 18.0 Å². The number of hydrogen-bond donors (Lipinski definition) is 1. The van der Waals surface area contributed by atoms with E-state index in [1.54, 1.807) is 6.07 Å². The molecule has 1 aromatic carbocycles. The van der Waals surface area contributed by atoms with E-state index in [0.29, 0.717) is 11.2 Å². The van der Waals surface area contributed by atoms with Gasteiger partial charge >= 0.3 is 0 Å². The van der Waals surface area contributed by atoms with Crippen molar-refractivity contribution in [3.8, 4) is 5.75 Å². The number of rotatable bonds is 1. The highest BCUT2D eigenvalue weighted by molar-refractivity contribution is 5.35. The molecule has 17 heavy (non-hydrogen) atoms. The largest absolute Gasteiger partial charge is 0.508 e. The van der Waals surface area contributed by atoms with Crippen LogP contribution in [0.4, 0.5) is 0 Å². The lowest BCUT2D eigenvalue weighted by Crippen LogP contribution is -2.45. The lowest BCUT2D eigenvalue weighted by Gasteiger charge is -2.43. The van der Waals surface area contributed by atoms with Crippen molar-refractivity contribution >= 4 is 0 Å². The molecule has 0 radical (unpaired) electrons. The van der Waals surface area contributed by atoms with Crippen molar-refractivity contribution in [1.29, 1.82) is 0 Å².